The zero-order chi connectivity index (χ0) is 18.5. The molecule has 0 unspecified atom stereocenters. The van der Waals surface area contributed by atoms with Crippen LogP contribution < -0.4 is 0 Å². The van der Waals surface area contributed by atoms with Gasteiger partial charge in [-0.3, -0.25) is 4.79 Å². The van der Waals surface area contributed by atoms with E-state index in [4.69, 9.17) is 9.16 Å². The van der Waals surface area contributed by atoms with Crippen molar-refractivity contribution in [3.05, 3.63) is 36.6 Å². The van der Waals surface area contributed by atoms with Gasteiger partial charge in [-0.25, -0.2) is 0 Å². The molecule has 0 saturated carbocycles. The van der Waals surface area contributed by atoms with Crippen molar-refractivity contribution < 1.29 is 14.0 Å². The topological polar surface area (TPSA) is 35.5 Å². The SMILES string of the molecule is C=CC[C@@](C)(C/C=C(\C)C(=C)O[Si](C)(C)C(C)(C)C)C(=O)OC. The van der Waals surface area contributed by atoms with Gasteiger partial charge in [0.15, 0.2) is 0 Å². The number of rotatable bonds is 8. The molecular formula is C19H34O3Si. The molecule has 23 heavy (non-hydrogen) atoms. The molecule has 0 aromatic heterocycles. The average molecular weight is 339 g/mol. The molecule has 0 fully saturated rings. The first-order chi connectivity index (χ1) is 10.3. The van der Waals surface area contributed by atoms with Gasteiger partial charge in [-0.1, -0.05) is 39.5 Å². The second kappa shape index (κ2) is 8.00. The first-order valence-corrected chi connectivity index (χ1v) is 11.0. The first kappa shape index (κ1) is 21.7. The maximum atomic E-state index is 12.0. The largest absolute Gasteiger partial charge is 0.544 e. The lowest BCUT2D eigenvalue weighted by Gasteiger charge is -2.37. The van der Waals surface area contributed by atoms with Crippen LogP contribution in [0, 0.1) is 5.41 Å². The highest BCUT2D eigenvalue weighted by Crippen LogP contribution is 2.38. The van der Waals surface area contributed by atoms with Gasteiger partial charge < -0.3 is 9.16 Å². The molecule has 4 heteroatoms. The monoisotopic (exact) mass is 338 g/mol. The van der Waals surface area contributed by atoms with E-state index in [1.807, 2.05) is 19.9 Å². The van der Waals surface area contributed by atoms with E-state index in [0.29, 0.717) is 18.6 Å². The molecule has 0 aliphatic heterocycles. The number of carbonyl (C=O) groups is 1. The molecule has 0 bridgehead atoms. The van der Waals surface area contributed by atoms with Crippen LogP contribution in [0.1, 0.15) is 47.5 Å². The number of ether oxygens (including phenoxy) is 1. The molecule has 0 amide bonds. The first-order valence-electron chi connectivity index (χ1n) is 8.05. The Morgan fingerprint density at radius 2 is 1.70 bits per heavy atom. The lowest BCUT2D eigenvalue weighted by atomic mass is 9.82. The van der Waals surface area contributed by atoms with Crippen LogP contribution >= 0.6 is 0 Å². The van der Waals surface area contributed by atoms with E-state index in [2.05, 4.69) is 47.0 Å². The van der Waals surface area contributed by atoms with E-state index >= 15 is 0 Å². The van der Waals surface area contributed by atoms with Gasteiger partial charge in [0.25, 0.3) is 0 Å². The molecule has 3 nitrogen and oxygen atoms in total. The van der Waals surface area contributed by atoms with Gasteiger partial charge in [0.2, 0.25) is 8.32 Å². The highest BCUT2D eigenvalue weighted by molar-refractivity contribution is 6.74. The summed E-state index contributed by atoms with van der Waals surface area (Å²) in [5.74, 6) is 0.472. The minimum absolute atomic E-state index is 0.125. The predicted octanol–water partition coefficient (Wildman–Crippen LogP) is 5.61. The third kappa shape index (κ3) is 6.02. The fourth-order valence-corrected chi connectivity index (χ4v) is 2.93. The number of methoxy groups -OCH3 is 1. The van der Waals surface area contributed by atoms with Gasteiger partial charge in [0.1, 0.15) is 0 Å². The summed E-state index contributed by atoms with van der Waals surface area (Å²) in [6.07, 6.45) is 4.90. The number of hydrogen-bond acceptors (Lipinski definition) is 3. The highest BCUT2D eigenvalue weighted by Gasteiger charge is 2.39. The zero-order valence-corrected chi connectivity index (χ0v) is 17.2. The van der Waals surface area contributed by atoms with Gasteiger partial charge in [0.05, 0.1) is 18.3 Å². The van der Waals surface area contributed by atoms with E-state index in [1.165, 1.54) is 7.11 Å². The van der Waals surface area contributed by atoms with Crippen molar-refractivity contribution in [1.29, 1.82) is 0 Å². The van der Waals surface area contributed by atoms with Gasteiger partial charge in [-0.15, -0.1) is 6.58 Å². The summed E-state index contributed by atoms with van der Waals surface area (Å²) in [6.45, 7) is 22.7. The van der Waals surface area contributed by atoms with Crippen molar-refractivity contribution in [1.82, 2.24) is 0 Å². The maximum absolute atomic E-state index is 12.0. The van der Waals surface area contributed by atoms with Crippen LogP contribution in [0.15, 0.2) is 36.6 Å². The smallest absolute Gasteiger partial charge is 0.312 e. The predicted molar refractivity (Wildman–Crippen MR) is 101 cm³/mol. The quantitative estimate of drug-likeness (QED) is 0.190. The molecule has 0 rings (SSSR count). The fraction of sp³-hybridized carbons (Fsp3) is 0.632. The molecule has 0 heterocycles. The van der Waals surface area contributed by atoms with Crippen LogP contribution in [0.4, 0.5) is 0 Å². The van der Waals surface area contributed by atoms with Crippen molar-refractivity contribution >= 4 is 14.3 Å². The molecule has 132 valence electrons. The van der Waals surface area contributed by atoms with Gasteiger partial charge in [0, 0.05) is 0 Å². The number of allylic oxidation sites excluding steroid dienone is 3. The molecular weight excluding hydrogens is 304 g/mol. The summed E-state index contributed by atoms with van der Waals surface area (Å²) in [4.78, 5) is 12.0. The summed E-state index contributed by atoms with van der Waals surface area (Å²) < 4.78 is 11.1. The van der Waals surface area contributed by atoms with Crippen LogP contribution in [0.5, 0.6) is 0 Å². The minimum Gasteiger partial charge on any atom is -0.544 e. The Morgan fingerprint density at radius 1 is 1.17 bits per heavy atom. The Bertz CT molecular complexity index is 483. The number of hydrogen-bond donors (Lipinski definition) is 0. The number of carbonyl (C=O) groups excluding carboxylic acids is 1. The summed E-state index contributed by atoms with van der Waals surface area (Å²) in [5, 5.41) is 0.125. The summed E-state index contributed by atoms with van der Waals surface area (Å²) in [6, 6.07) is 0. The van der Waals surface area contributed by atoms with Crippen molar-refractivity contribution in [2.45, 2.75) is 65.6 Å². The van der Waals surface area contributed by atoms with Crippen LogP contribution in [-0.2, 0) is 14.0 Å². The highest BCUT2D eigenvalue weighted by atomic mass is 28.4. The second-order valence-corrected chi connectivity index (χ2v) is 12.6. The third-order valence-electron chi connectivity index (χ3n) is 4.76. The molecule has 0 aromatic rings. The van der Waals surface area contributed by atoms with E-state index in [-0.39, 0.29) is 11.0 Å². The zero-order valence-electron chi connectivity index (χ0n) is 16.2. The Balaban J connectivity index is 5.11. The van der Waals surface area contributed by atoms with Crippen molar-refractivity contribution in [2.24, 2.45) is 5.41 Å². The van der Waals surface area contributed by atoms with E-state index < -0.39 is 13.7 Å². The second-order valence-electron chi connectivity index (χ2n) is 7.92. The van der Waals surface area contributed by atoms with Gasteiger partial charge in [-0.05, 0) is 50.4 Å². The third-order valence-corrected chi connectivity index (χ3v) is 9.13. The molecule has 0 aliphatic rings. The maximum Gasteiger partial charge on any atom is 0.312 e. The normalized spacial score (nSPS) is 15.6. The lowest BCUT2D eigenvalue weighted by Crippen LogP contribution is -2.40. The molecule has 0 N–H and O–H groups in total. The standard InChI is InChI=1S/C19H34O3Si/c1-11-13-19(7,17(20)21-8)14-12-15(2)16(3)22-23(9,10)18(4,5)6/h11-12H,1,3,13-14H2,2,4-10H3/b15-12+/t19-/m0/s1. The summed E-state index contributed by atoms with van der Waals surface area (Å²) >= 11 is 0. The van der Waals surface area contributed by atoms with Crippen molar-refractivity contribution in [3.63, 3.8) is 0 Å². The van der Waals surface area contributed by atoms with Crippen LogP contribution in [-0.4, -0.2) is 21.4 Å². The Kier molecular flexibility index (Phi) is 7.55. The molecule has 0 saturated heterocycles. The van der Waals surface area contributed by atoms with Crippen LogP contribution in [0.3, 0.4) is 0 Å². The van der Waals surface area contributed by atoms with Crippen LogP contribution in [0.2, 0.25) is 18.1 Å². The van der Waals surface area contributed by atoms with Crippen molar-refractivity contribution in [3.8, 4) is 0 Å². The summed E-state index contributed by atoms with van der Waals surface area (Å²) in [5.41, 5.74) is 0.365. The Morgan fingerprint density at radius 3 is 2.09 bits per heavy atom. The molecule has 0 aliphatic carbocycles. The average Bonchev–Trinajstić information content (AvgIpc) is 2.42. The van der Waals surface area contributed by atoms with E-state index in [9.17, 15) is 4.79 Å². The molecule has 0 aromatic carbocycles. The van der Waals surface area contributed by atoms with E-state index in [1.54, 1.807) is 6.08 Å². The Labute approximate surface area is 143 Å². The molecule has 0 radical (unpaired) electrons. The van der Waals surface area contributed by atoms with Gasteiger partial charge in [-0.2, -0.15) is 0 Å². The van der Waals surface area contributed by atoms with Gasteiger partial charge >= 0.3 is 5.97 Å². The number of esters is 1. The van der Waals surface area contributed by atoms with E-state index in [0.717, 1.165) is 5.57 Å². The van der Waals surface area contributed by atoms with Crippen LogP contribution in [0.25, 0.3) is 0 Å². The Hall–Kier alpha value is -1.29. The lowest BCUT2D eigenvalue weighted by molar-refractivity contribution is -0.151. The minimum atomic E-state index is -1.90. The fourth-order valence-electron chi connectivity index (χ4n) is 1.85. The summed E-state index contributed by atoms with van der Waals surface area (Å²) in [7, 11) is -0.481. The van der Waals surface area contributed by atoms with Crippen molar-refractivity contribution in [2.75, 3.05) is 7.11 Å². The molecule has 1 atom stereocenters. The molecule has 0 spiro atoms.